The first kappa shape index (κ1) is 21.9. The van der Waals surface area contributed by atoms with Crippen LogP contribution < -0.4 is 16.4 Å². The van der Waals surface area contributed by atoms with Gasteiger partial charge in [-0.2, -0.15) is 0 Å². The van der Waals surface area contributed by atoms with Crippen LogP contribution >= 0.6 is 0 Å². The fraction of sp³-hybridized carbons (Fsp3) is 0.571. The van der Waals surface area contributed by atoms with Crippen molar-refractivity contribution >= 4 is 23.4 Å². The van der Waals surface area contributed by atoms with Crippen molar-refractivity contribution in [3.05, 3.63) is 29.3 Å². The van der Waals surface area contributed by atoms with Gasteiger partial charge in [0.2, 0.25) is 11.8 Å². The van der Waals surface area contributed by atoms with E-state index in [1.165, 1.54) is 0 Å². The molecule has 1 saturated heterocycles. The minimum absolute atomic E-state index is 0.0282. The van der Waals surface area contributed by atoms with Gasteiger partial charge in [0, 0.05) is 43.9 Å². The first-order valence-corrected chi connectivity index (χ1v) is 9.99. The summed E-state index contributed by atoms with van der Waals surface area (Å²) in [6.07, 6.45) is 2.04. The van der Waals surface area contributed by atoms with E-state index in [2.05, 4.69) is 10.6 Å². The van der Waals surface area contributed by atoms with Gasteiger partial charge in [0.15, 0.2) is 0 Å². The molecule has 1 aliphatic heterocycles. The number of amides is 3. The van der Waals surface area contributed by atoms with Gasteiger partial charge in [0.1, 0.15) is 0 Å². The van der Waals surface area contributed by atoms with Crippen molar-refractivity contribution in [2.45, 2.75) is 40.0 Å². The maximum absolute atomic E-state index is 12.9. The molecule has 1 heterocycles. The number of hydrogen-bond acceptors (Lipinski definition) is 4. The number of piperidine rings is 1. The number of nitrogens with one attached hydrogen (secondary N) is 2. The second kappa shape index (κ2) is 10.2. The summed E-state index contributed by atoms with van der Waals surface area (Å²) in [7, 11) is 0. The van der Waals surface area contributed by atoms with E-state index < -0.39 is 0 Å². The van der Waals surface area contributed by atoms with Crippen LogP contribution in [0.25, 0.3) is 0 Å². The Morgan fingerprint density at radius 3 is 2.68 bits per heavy atom. The number of likely N-dealkylation sites (tertiary alicyclic amines) is 1. The molecule has 2 rings (SSSR count). The van der Waals surface area contributed by atoms with Gasteiger partial charge in [0.05, 0.1) is 5.92 Å². The Balaban J connectivity index is 2.02. The molecule has 0 saturated carbocycles. The maximum atomic E-state index is 12.9. The summed E-state index contributed by atoms with van der Waals surface area (Å²) in [6, 6.07) is 5.31. The van der Waals surface area contributed by atoms with Crippen LogP contribution in [-0.4, -0.2) is 48.8 Å². The summed E-state index contributed by atoms with van der Waals surface area (Å²) in [4.78, 5) is 38.8. The van der Waals surface area contributed by atoms with Crippen LogP contribution in [0.4, 0.5) is 5.69 Å². The smallest absolute Gasteiger partial charge is 0.253 e. The van der Waals surface area contributed by atoms with Crippen LogP contribution in [0.15, 0.2) is 18.2 Å². The highest BCUT2D eigenvalue weighted by Crippen LogP contribution is 2.22. The van der Waals surface area contributed by atoms with Gasteiger partial charge in [-0.05, 0) is 49.4 Å². The molecule has 1 aromatic rings. The molecule has 3 amide bonds. The topological polar surface area (TPSA) is 105 Å². The molecule has 0 aliphatic carbocycles. The highest BCUT2D eigenvalue weighted by atomic mass is 16.2. The first-order valence-electron chi connectivity index (χ1n) is 9.99. The van der Waals surface area contributed by atoms with Gasteiger partial charge >= 0.3 is 0 Å². The van der Waals surface area contributed by atoms with E-state index in [4.69, 9.17) is 5.73 Å². The fourth-order valence-corrected chi connectivity index (χ4v) is 3.41. The highest BCUT2D eigenvalue weighted by molar-refractivity contribution is 5.97. The molecule has 0 radical (unpaired) electrons. The monoisotopic (exact) mass is 388 g/mol. The predicted molar refractivity (Wildman–Crippen MR) is 110 cm³/mol. The Labute approximate surface area is 167 Å². The third-order valence-corrected chi connectivity index (χ3v) is 4.86. The van der Waals surface area contributed by atoms with E-state index in [9.17, 15) is 14.4 Å². The molecule has 1 atom stereocenters. The van der Waals surface area contributed by atoms with Gasteiger partial charge in [-0.15, -0.1) is 0 Å². The molecule has 0 spiro atoms. The number of carbonyl (C=O) groups is 3. The minimum atomic E-state index is -0.194. The average Bonchev–Trinajstić information content (AvgIpc) is 2.66. The summed E-state index contributed by atoms with van der Waals surface area (Å²) in [6.45, 7) is 7.79. The van der Waals surface area contributed by atoms with Crippen molar-refractivity contribution in [2.24, 2.45) is 17.6 Å². The zero-order valence-electron chi connectivity index (χ0n) is 17.1. The van der Waals surface area contributed by atoms with Crippen LogP contribution in [0.1, 0.15) is 49.0 Å². The van der Waals surface area contributed by atoms with E-state index in [1.807, 2.05) is 20.8 Å². The van der Waals surface area contributed by atoms with Crippen molar-refractivity contribution in [3.8, 4) is 0 Å². The number of carbonyl (C=O) groups excluding carboxylic acids is 3. The summed E-state index contributed by atoms with van der Waals surface area (Å²) in [5.41, 5.74) is 7.57. The summed E-state index contributed by atoms with van der Waals surface area (Å²) >= 11 is 0. The van der Waals surface area contributed by atoms with E-state index >= 15 is 0 Å². The Bertz CT molecular complexity index is 718. The van der Waals surface area contributed by atoms with Crippen LogP contribution in [0.3, 0.4) is 0 Å². The molecule has 4 N–H and O–H groups in total. The summed E-state index contributed by atoms with van der Waals surface area (Å²) in [5.74, 6) is -0.0587. The molecule has 1 fully saturated rings. The molecule has 0 aromatic heterocycles. The van der Waals surface area contributed by atoms with Gasteiger partial charge in [-0.3, -0.25) is 14.4 Å². The highest BCUT2D eigenvalue weighted by Gasteiger charge is 2.28. The lowest BCUT2D eigenvalue weighted by Gasteiger charge is -2.32. The quantitative estimate of drug-likeness (QED) is 0.663. The number of anilines is 1. The number of aryl methyl sites for hydroxylation is 1. The summed E-state index contributed by atoms with van der Waals surface area (Å²) in [5, 5.41) is 5.71. The molecule has 28 heavy (non-hydrogen) atoms. The van der Waals surface area contributed by atoms with Crippen molar-refractivity contribution in [1.29, 1.82) is 0 Å². The second-order valence-electron chi connectivity index (χ2n) is 7.85. The molecule has 1 aliphatic rings. The number of nitrogens with two attached hydrogens (primary N) is 1. The Hall–Kier alpha value is -2.41. The number of benzene rings is 1. The molecule has 1 aromatic carbocycles. The third kappa shape index (κ3) is 6.05. The SMILES string of the molecule is Cc1cc(C(=O)N2CCCC(C(=O)NCCN)C2)ccc1NC(=O)CC(C)C. The molecular formula is C21H32N4O3. The standard InChI is InChI=1S/C21H32N4O3/c1-14(2)11-19(26)24-18-7-6-16(12-15(18)3)21(28)25-10-4-5-17(13-25)20(27)23-9-8-22/h6-7,12,14,17H,4-5,8-11,13,22H2,1-3H3,(H,23,27)(H,24,26). The Morgan fingerprint density at radius 2 is 2.04 bits per heavy atom. The van der Waals surface area contributed by atoms with Crippen LogP contribution in [-0.2, 0) is 9.59 Å². The Kier molecular flexibility index (Phi) is 7.99. The zero-order chi connectivity index (χ0) is 20.7. The molecule has 1 unspecified atom stereocenters. The maximum Gasteiger partial charge on any atom is 0.253 e. The fourth-order valence-electron chi connectivity index (χ4n) is 3.41. The van der Waals surface area contributed by atoms with Crippen LogP contribution in [0.5, 0.6) is 0 Å². The van der Waals surface area contributed by atoms with Gasteiger partial charge in [-0.1, -0.05) is 13.8 Å². The normalized spacial score (nSPS) is 16.8. The predicted octanol–water partition coefficient (Wildman–Crippen LogP) is 1.91. The van der Waals surface area contributed by atoms with E-state index in [1.54, 1.807) is 23.1 Å². The number of hydrogen-bond donors (Lipinski definition) is 3. The van der Waals surface area contributed by atoms with E-state index in [-0.39, 0.29) is 29.6 Å². The van der Waals surface area contributed by atoms with Crippen molar-refractivity contribution in [2.75, 3.05) is 31.5 Å². The number of nitrogens with zero attached hydrogens (tertiary/aromatic N) is 1. The lowest BCUT2D eigenvalue weighted by molar-refractivity contribution is -0.126. The van der Waals surface area contributed by atoms with Crippen LogP contribution in [0, 0.1) is 18.8 Å². The summed E-state index contributed by atoms with van der Waals surface area (Å²) < 4.78 is 0. The van der Waals surface area contributed by atoms with Crippen molar-refractivity contribution in [1.82, 2.24) is 10.2 Å². The van der Waals surface area contributed by atoms with Gasteiger partial charge in [0.25, 0.3) is 5.91 Å². The first-order chi connectivity index (χ1) is 13.3. The molecule has 7 nitrogen and oxygen atoms in total. The largest absolute Gasteiger partial charge is 0.355 e. The van der Waals surface area contributed by atoms with E-state index in [0.29, 0.717) is 38.2 Å². The Morgan fingerprint density at radius 1 is 1.29 bits per heavy atom. The van der Waals surface area contributed by atoms with E-state index in [0.717, 1.165) is 24.1 Å². The van der Waals surface area contributed by atoms with Crippen molar-refractivity contribution < 1.29 is 14.4 Å². The average molecular weight is 389 g/mol. The third-order valence-electron chi connectivity index (χ3n) is 4.86. The van der Waals surface area contributed by atoms with Crippen molar-refractivity contribution in [3.63, 3.8) is 0 Å². The lowest BCUT2D eigenvalue weighted by atomic mass is 9.96. The molecule has 7 heteroatoms. The molecular weight excluding hydrogens is 356 g/mol. The van der Waals surface area contributed by atoms with Crippen LogP contribution in [0.2, 0.25) is 0 Å². The molecule has 0 bridgehead atoms. The van der Waals surface area contributed by atoms with Gasteiger partial charge in [-0.25, -0.2) is 0 Å². The minimum Gasteiger partial charge on any atom is -0.355 e. The number of rotatable bonds is 7. The lowest BCUT2D eigenvalue weighted by Crippen LogP contribution is -2.46. The van der Waals surface area contributed by atoms with Gasteiger partial charge < -0.3 is 21.3 Å². The zero-order valence-corrected chi connectivity index (χ0v) is 17.1. The second-order valence-corrected chi connectivity index (χ2v) is 7.85. The molecule has 154 valence electrons.